The van der Waals surface area contributed by atoms with Gasteiger partial charge in [0.25, 0.3) is 0 Å². The Morgan fingerprint density at radius 1 is 1.50 bits per heavy atom. The highest BCUT2D eigenvalue weighted by molar-refractivity contribution is 5.96. The average Bonchev–Trinajstić information content (AvgIpc) is 2.25. The van der Waals surface area contributed by atoms with E-state index in [4.69, 9.17) is 4.74 Å². The van der Waals surface area contributed by atoms with E-state index < -0.39 is 0 Å². The molecule has 1 heterocycles. The van der Waals surface area contributed by atoms with E-state index in [0.717, 1.165) is 12.0 Å². The minimum Gasteiger partial charge on any atom is -0.374 e. The van der Waals surface area contributed by atoms with E-state index in [9.17, 15) is 4.79 Å². The van der Waals surface area contributed by atoms with Crippen LogP contribution in [0.1, 0.15) is 29.9 Å². The van der Waals surface area contributed by atoms with Crippen LogP contribution in [0.15, 0.2) is 18.3 Å². The van der Waals surface area contributed by atoms with Gasteiger partial charge in [-0.05, 0) is 25.0 Å². The predicted molar refractivity (Wildman–Crippen MR) is 54.4 cm³/mol. The highest BCUT2D eigenvalue weighted by Crippen LogP contribution is 2.06. The van der Waals surface area contributed by atoms with E-state index in [0.29, 0.717) is 12.3 Å². The molecule has 76 valence electrons. The van der Waals surface area contributed by atoms with Gasteiger partial charge in [0.05, 0.1) is 0 Å². The number of hydrogen-bond acceptors (Lipinski definition) is 3. The summed E-state index contributed by atoms with van der Waals surface area (Å²) in [6, 6.07) is 3.77. The third kappa shape index (κ3) is 2.64. The maximum atomic E-state index is 11.6. The molecular formula is C11H15NO2. The molecule has 0 atom stereocenters. The Kier molecular flexibility index (Phi) is 4.26. The van der Waals surface area contributed by atoms with E-state index >= 15 is 0 Å². The maximum absolute atomic E-state index is 11.6. The third-order valence-electron chi connectivity index (χ3n) is 1.97. The van der Waals surface area contributed by atoms with Gasteiger partial charge in [0, 0.05) is 12.8 Å². The zero-order chi connectivity index (χ0) is 10.4. The molecule has 0 saturated heterocycles. The second kappa shape index (κ2) is 5.50. The SMILES string of the molecule is CCOCC(=O)c1ncccc1CC. The fourth-order valence-electron chi connectivity index (χ4n) is 1.24. The Labute approximate surface area is 84.1 Å². The van der Waals surface area contributed by atoms with Crippen molar-refractivity contribution in [1.82, 2.24) is 4.98 Å². The molecule has 0 aliphatic rings. The van der Waals surface area contributed by atoms with Crippen LogP contribution in [0.5, 0.6) is 0 Å². The van der Waals surface area contributed by atoms with Gasteiger partial charge in [-0.15, -0.1) is 0 Å². The van der Waals surface area contributed by atoms with Gasteiger partial charge in [-0.2, -0.15) is 0 Å². The topological polar surface area (TPSA) is 39.2 Å². The molecule has 0 saturated carbocycles. The Morgan fingerprint density at radius 2 is 2.29 bits per heavy atom. The first-order valence-electron chi connectivity index (χ1n) is 4.84. The van der Waals surface area contributed by atoms with Gasteiger partial charge < -0.3 is 4.74 Å². The average molecular weight is 193 g/mol. The summed E-state index contributed by atoms with van der Waals surface area (Å²) in [5.74, 6) is -0.0377. The highest BCUT2D eigenvalue weighted by Gasteiger charge is 2.10. The molecule has 0 bridgehead atoms. The summed E-state index contributed by atoms with van der Waals surface area (Å²) < 4.78 is 5.06. The van der Waals surface area contributed by atoms with E-state index in [1.165, 1.54) is 0 Å². The molecule has 1 rings (SSSR count). The summed E-state index contributed by atoms with van der Waals surface area (Å²) in [7, 11) is 0. The lowest BCUT2D eigenvalue weighted by Crippen LogP contribution is -2.13. The highest BCUT2D eigenvalue weighted by atomic mass is 16.5. The molecule has 0 amide bonds. The standard InChI is InChI=1S/C11H15NO2/c1-3-9-6-5-7-12-11(9)10(13)8-14-4-2/h5-7H,3-4,8H2,1-2H3. The summed E-state index contributed by atoms with van der Waals surface area (Å²) in [5.41, 5.74) is 1.53. The Balaban J connectivity index is 2.78. The minimum atomic E-state index is -0.0377. The summed E-state index contributed by atoms with van der Waals surface area (Å²) in [5, 5.41) is 0. The van der Waals surface area contributed by atoms with Crippen molar-refractivity contribution in [3.8, 4) is 0 Å². The lowest BCUT2D eigenvalue weighted by molar-refractivity contribution is 0.0777. The number of Topliss-reactive ketones (excluding diaryl/α,β-unsaturated/α-hetero) is 1. The number of pyridine rings is 1. The molecule has 0 fully saturated rings. The smallest absolute Gasteiger partial charge is 0.207 e. The summed E-state index contributed by atoms with van der Waals surface area (Å²) >= 11 is 0. The quantitative estimate of drug-likeness (QED) is 0.670. The number of aromatic nitrogens is 1. The Morgan fingerprint density at radius 3 is 2.93 bits per heavy atom. The van der Waals surface area contributed by atoms with Crippen LogP contribution in [0.3, 0.4) is 0 Å². The van der Waals surface area contributed by atoms with Gasteiger partial charge >= 0.3 is 0 Å². The van der Waals surface area contributed by atoms with Crippen molar-refractivity contribution < 1.29 is 9.53 Å². The van der Waals surface area contributed by atoms with Crippen LogP contribution < -0.4 is 0 Å². The number of hydrogen-bond donors (Lipinski definition) is 0. The van der Waals surface area contributed by atoms with Crippen LogP contribution in [-0.2, 0) is 11.2 Å². The number of carbonyl (C=O) groups excluding carboxylic acids is 1. The van der Waals surface area contributed by atoms with E-state index in [-0.39, 0.29) is 12.4 Å². The first-order valence-corrected chi connectivity index (χ1v) is 4.84. The fraction of sp³-hybridized carbons (Fsp3) is 0.455. The van der Waals surface area contributed by atoms with Crippen molar-refractivity contribution >= 4 is 5.78 Å². The van der Waals surface area contributed by atoms with Gasteiger partial charge in [0.1, 0.15) is 12.3 Å². The number of ether oxygens (including phenoxy) is 1. The van der Waals surface area contributed by atoms with Gasteiger partial charge in [-0.25, -0.2) is 0 Å². The molecule has 1 aromatic rings. The van der Waals surface area contributed by atoms with Crippen LogP contribution in [0.2, 0.25) is 0 Å². The zero-order valence-corrected chi connectivity index (χ0v) is 8.62. The Bertz CT molecular complexity index is 310. The van der Waals surface area contributed by atoms with Crippen molar-refractivity contribution in [1.29, 1.82) is 0 Å². The molecule has 0 N–H and O–H groups in total. The largest absolute Gasteiger partial charge is 0.374 e. The lowest BCUT2D eigenvalue weighted by Gasteiger charge is -2.04. The molecule has 1 aromatic heterocycles. The van der Waals surface area contributed by atoms with Crippen LogP contribution in [0, 0.1) is 0 Å². The van der Waals surface area contributed by atoms with Gasteiger partial charge in [-0.3, -0.25) is 9.78 Å². The number of nitrogens with zero attached hydrogens (tertiary/aromatic N) is 1. The zero-order valence-electron chi connectivity index (χ0n) is 8.62. The van der Waals surface area contributed by atoms with Crippen LogP contribution in [0.4, 0.5) is 0 Å². The molecule has 3 heteroatoms. The first kappa shape index (κ1) is 10.9. The van der Waals surface area contributed by atoms with E-state index in [1.807, 2.05) is 26.0 Å². The predicted octanol–water partition coefficient (Wildman–Crippen LogP) is 1.86. The molecule has 0 spiro atoms. The molecular weight excluding hydrogens is 178 g/mol. The number of aryl methyl sites for hydroxylation is 1. The fourth-order valence-corrected chi connectivity index (χ4v) is 1.24. The molecule has 0 aromatic carbocycles. The molecule has 3 nitrogen and oxygen atoms in total. The minimum absolute atomic E-state index is 0.0377. The first-order chi connectivity index (χ1) is 6.79. The molecule has 0 radical (unpaired) electrons. The van der Waals surface area contributed by atoms with Gasteiger partial charge in [0.15, 0.2) is 0 Å². The van der Waals surface area contributed by atoms with Crippen LogP contribution >= 0.6 is 0 Å². The van der Waals surface area contributed by atoms with Crippen molar-refractivity contribution in [3.05, 3.63) is 29.6 Å². The molecule has 0 unspecified atom stereocenters. The van der Waals surface area contributed by atoms with E-state index in [2.05, 4.69) is 4.98 Å². The van der Waals surface area contributed by atoms with Crippen LogP contribution in [-0.4, -0.2) is 24.0 Å². The van der Waals surface area contributed by atoms with Gasteiger partial charge in [0.2, 0.25) is 5.78 Å². The normalized spacial score (nSPS) is 10.1. The molecule has 14 heavy (non-hydrogen) atoms. The summed E-state index contributed by atoms with van der Waals surface area (Å²) in [6.45, 7) is 4.56. The molecule has 0 aliphatic carbocycles. The lowest BCUT2D eigenvalue weighted by atomic mass is 10.1. The van der Waals surface area contributed by atoms with Crippen molar-refractivity contribution in [2.75, 3.05) is 13.2 Å². The van der Waals surface area contributed by atoms with Crippen molar-refractivity contribution in [2.24, 2.45) is 0 Å². The second-order valence-corrected chi connectivity index (χ2v) is 2.92. The van der Waals surface area contributed by atoms with Crippen molar-refractivity contribution in [3.63, 3.8) is 0 Å². The maximum Gasteiger partial charge on any atom is 0.207 e. The number of ketones is 1. The summed E-state index contributed by atoms with van der Waals surface area (Å²) in [6.07, 6.45) is 2.46. The van der Waals surface area contributed by atoms with Gasteiger partial charge in [-0.1, -0.05) is 13.0 Å². The number of carbonyl (C=O) groups is 1. The van der Waals surface area contributed by atoms with Crippen LogP contribution in [0.25, 0.3) is 0 Å². The third-order valence-corrected chi connectivity index (χ3v) is 1.97. The number of rotatable bonds is 5. The molecule has 0 aliphatic heterocycles. The van der Waals surface area contributed by atoms with Crippen molar-refractivity contribution in [2.45, 2.75) is 20.3 Å². The Hall–Kier alpha value is -1.22. The monoisotopic (exact) mass is 193 g/mol. The second-order valence-electron chi connectivity index (χ2n) is 2.92. The van der Waals surface area contributed by atoms with E-state index in [1.54, 1.807) is 6.20 Å². The summed E-state index contributed by atoms with van der Waals surface area (Å²) in [4.78, 5) is 15.7.